The van der Waals surface area contributed by atoms with Gasteiger partial charge in [-0.1, -0.05) is 6.92 Å². The first-order valence-electron chi connectivity index (χ1n) is 5.57. The Bertz CT molecular complexity index is 231. The fourth-order valence-corrected chi connectivity index (χ4v) is 2.14. The standard InChI is InChI=1S/C11H22N2OS/c1-5-12-9-6-7-13(10(9)14)8-11(2,3)15-4/h9,12H,5-8H2,1-4H3. The van der Waals surface area contributed by atoms with E-state index in [4.69, 9.17) is 0 Å². The Kier molecular flexibility index (Phi) is 4.46. The van der Waals surface area contributed by atoms with Crippen LogP contribution < -0.4 is 5.32 Å². The SMILES string of the molecule is CCNC1CCN(CC(C)(C)SC)C1=O. The molecule has 0 radical (unpaired) electrons. The highest BCUT2D eigenvalue weighted by atomic mass is 32.2. The van der Waals surface area contributed by atoms with Gasteiger partial charge in [0.2, 0.25) is 5.91 Å². The van der Waals surface area contributed by atoms with Crippen LogP contribution >= 0.6 is 11.8 Å². The summed E-state index contributed by atoms with van der Waals surface area (Å²) in [6.07, 6.45) is 3.06. The molecule has 1 saturated heterocycles. The van der Waals surface area contributed by atoms with Crippen molar-refractivity contribution in [3.05, 3.63) is 0 Å². The molecule has 0 saturated carbocycles. The number of thioether (sulfide) groups is 1. The van der Waals surface area contributed by atoms with Gasteiger partial charge in [0.15, 0.2) is 0 Å². The minimum atomic E-state index is 0.0626. The van der Waals surface area contributed by atoms with Crippen molar-refractivity contribution in [3.8, 4) is 0 Å². The van der Waals surface area contributed by atoms with Gasteiger partial charge in [0.05, 0.1) is 6.04 Å². The van der Waals surface area contributed by atoms with Crippen molar-refractivity contribution in [1.82, 2.24) is 10.2 Å². The zero-order chi connectivity index (χ0) is 11.5. The van der Waals surface area contributed by atoms with Crippen molar-refractivity contribution in [3.63, 3.8) is 0 Å². The van der Waals surface area contributed by atoms with E-state index in [1.165, 1.54) is 0 Å². The highest BCUT2D eigenvalue weighted by Gasteiger charge is 2.33. The number of nitrogens with zero attached hydrogens (tertiary/aromatic N) is 1. The number of hydrogen-bond acceptors (Lipinski definition) is 3. The molecule has 0 spiro atoms. The van der Waals surface area contributed by atoms with Crippen molar-refractivity contribution in [2.75, 3.05) is 25.9 Å². The topological polar surface area (TPSA) is 32.3 Å². The lowest BCUT2D eigenvalue weighted by Gasteiger charge is -2.28. The Morgan fingerprint density at radius 3 is 2.80 bits per heavy atom. The lowest BCUT2D eigenvalue weighted by Crippen LogP contribution is -2.42. The molecule has 1 unspecified atom stereocenters. The minimum absolute atomic E-state index is 0.0626. The van der Waals surface area contributed by atoms with Crippen molar-refractivity contribution in [2.45, 2.75) is 38.0 Å². The highest BCUT2D eigenvalue weighted by Crippen LogP contribution is 2.24. The summed E-state index contributed by atoms with van der Waals surface area (Å²) >= 11 is 1.82. The Morgan fingerprint density at radius 1 is 1.60 bits per heavy atom. The zero-order valence-electron chi connectivity index (χ0n) is 10.2. The zero-order valence-corrected chi connectivity index (χ0v) is 11.0. The Morgan fingerprint density at radius 2 is 2.27 bits per heavy atom. The molecule has 15 heavy (non-hydrogen) atoms. The third-order valence-electron chi connectivity index (χ3n) is 2.87. The molecule has 0 aliphatic carbocycles. The lowest BCUT2D eigenvalue weighted by molar-refractivity contribution is -0.129. The van der Waals surface area contributed by atoms with Gasteiger partial charge < -0.3 is 10.2 Å². The lowest BCUT2D eigenvalue weighted by atomic mass is 10.2. The summed E-state index contributed by atoms with van der Waals surface area (Å²) in [5.41, 5.74) is 0. The summed E-state index contributed by atoms with van der Waals surface area (Å²) in [6.45, 7) is 9.05. The van der Waals surface area contributed by atoms with Crippen LogP contribution in [0.15, 0.2) is 0 Å². The van der Waals surface area contributed by atoms with Gasteiger partial charge in [-0.05, 0) is 33.1 Å². The second-order valence-corrected chi connectivity index (χ2v) is 6.14. The van der Waals surface area contributed by atoms with Crippen molar-refractivity contribution in [2.24, 2.45) is 0 Å². The summed E-state index contributed by atoms with van der Waals surface area (Å²) in [7, 11) is 0. The molecule has 88 valence electrons. The van der Waals surface area contributed by atoms with Crippen LogP contribution in [0, 0.1) is 0 Å². The second kappa shape index (κ2) is 5.21. The van der Waals surface area contributed by atoms with Gasteiger partial charge in [-0.25, -0.2) is 0 Å². The predicted octanol–water partition coefficient (Wildman–Crippen LogP) is 1.34. The van der Waals surface area contributed by atoms with E-state index in [1.807, 2.05) is 23.6 Å². The van der Waals surface area contributed by atoms with Crippen LogP contribution in [-0.4, -0.2) is 47.5 Å². The normalized spacial score (nSPS) is 22.5. The van der Waals surface area contributed by atoms with Gasteiger partial charge in [-0.3, -0.25) is 4.79 Å². The van der Waals surface area contributed by atoms with Crippen LogP contribution in [0.4, 0.5) is 0 Å². The molecular formula is C11H22N2OS. The van der Waals surface area contributed by atoms with E-state index in [1.54, 1.807) is 0 Å². The first-order valence-corrected chi connectivity index (χ1v) is 6.80. The third kappa shape index (κ3) is 3.38. The summed E-state index contributed by atoms with van der Waals surface area (Å²) in [6, 6.07) is 0.0626. The van der Waals surface area contributed by atoms with Crippen LogP contribution in [0.25, 0.3) is 0 Å². The molecule has 1 amide bonds. The maximum atomic E-state index is 11.9. The molecule has 1 fully saturated rings. The van der Waals surface area contributed by atoms with E-state index in [2.05, 4.69) is 25.4 Å². The number of carbonyl (C=O) groups is 1. The molecule has 1 N–H and O–H groups in total. The predicted molar refractivity (Wildman–Crippen MR) is 66.3 cm³/mol. The summed E-state index contributed by atoms with van der Waals surface area (Å²) < 4.78 is 0.163. The van der Waals surface area contributed by atoms with Gasteiger partial charge in [0.25, 0.3) is 0 Å². The molecular weight excluding hydrogens is 208 g/mol. The molecule has 0 bridgehead atoms. The smallest absolute Gasteiger partial charge is 0.239 e. The molecule has 1 atom stereocenters. The fourth-order valence-electron chi connectivity index (χ4n) is 1.86. The van der Waals surface area contributed by atoms with Crippen LogP contribution in [0.3, 0.4) is 0 Å². The van der Waals surface area contributed by atoms with Gasteiger partial charge in [0, 0.05) is 17.8 Å². The number of likely N-dealkylation sites (tertiary alicyclic amines) is 1. The van der Waals surface area contributed by atoms with Crippen LogP contribution in [0.1, 0.15) is 27.2 Å². The fraction of sp³-hybridized carbons (Fsp3) is 0.909. The third-order valence-corrected chi connectivity index (χ3v) is 4.11. The Balaban J connectivity index is 2.49. The first kappa shape index (κ1) is 12.8. The second-order valence-electron chi connectivity index (χ2n) is 4.62. The largest absolute Gasteiger partial charge is 0.340 e. The number of nitrogens with one attached hydrogen (secondary N) is 1. The summed E-state index contributed by atoms with van der Waals surface area (Å²) in [5, 5.41) is 3.23. The highest BCUT2D eigenvalue weighted by molar-refractivity contribution is 7.99. The van der Waals surface area contributed by atoms with E-state index in [0.29, 0.717) is 0 Å². The maximum absolute atomic E-state index is 11.9. The van der Waals surface area contributed by atoms with E-state index < -0.39 is 0 Å². The van der Waals surface area contributed by atoms with Crippen LogP contribution in [-0.2, 0) is 4.79 Å². The van der Waals surface area contributed by atoms with E-state index in [9.17, 15) is 4.79 Å². The molecule has 1 rings (SSSR count). The van der Waals surface area contributed by atoms with Gasteiger partial charge in [0.1, 0.15) is 0 Å². The molecule has 0 aromatic heterocycles. The Hall–Kier alpha value is -0.220. The van der Waals surface area contributed by atoms with Crippen molar-refractivity contribution >= 4 is 17.7 Å². The van der Waals surface area contributed by atoms with E-state index in [0.717, 1.165) is 26.1 Å². The monoisotopic (exact) mass is 230 g/mol. The average molecular weight is 230 g/mol. The molecule has 1 heterocycles. The molecule has 0 aromatic rings. The van der Waals surface area contributed by atoms with Gasteiger partial charge in [-0.2, -0.15) is 11.8 Å². The number of likely N-dealkylation sites (N-methyl/N-ethyl adjacent to an activating group) is 1. The maximum Gasteiger partial charge on any atom is 0.239 e. The minimum Gasteiger partial charge on any atom is -0.340 e. The summed E-state index contributed by atoms with van der Waals surface area (Å²) in [4.78, 5) is 13.9. The molecule has 3 nitrogen and oxygen atoms in total. The van der Waals surface area contributed by atoms with Crippen molar-refractivity contribution < 1.29 is 4.79 Å². The van der Waals surface area contributed by atoms with Crippen LogP contribution in [0.5, 0.6) is 0 Å². The molecule has 4 heteroatoms. The molecule has 1 aliphatic rings. The van der Waals surface area contributed by atoms with Crippen molar-refractivity contribution in [1.29, 1.82) is 0 Å². The number of amides is 1. The van der Waals surface area contributed by atoms with Crippen LogP contribution in [0.2, 0.25) is 0 Å². The van der Waals surface area contributed by atoms with E-state index in [-0.39, 0.29) is 16.7 Å². The van der Waals surface area contributed by atoms with Gasteiger partial charge in [-0.15, -0.1) is 0 Å². The number of carbonyl (C=O) groups excluding carboxylic acids is 1. The average Bonchev–Trinajstić information content (AvgIpc) is 2.50. The quantitative estimate of drug-likeness (QED) is 0.773. The Labute approximate surface area is 97.0 Å². The first-order chi connectivity index (χ1) is 7.00. The number of hydrogen-bond donors (Lipinski definition) is 1. The molecule has 1 aliphatic heterocycles. The number of rotatable bonds is 5. The molecule has 0 aromatic carbocycles. The van der Waals surface area contributed by atoms with Gasteiger partial charge >= 0.3 is 0 Å². The summed E-state index contributed by atoms with van der Waals surface area (Å²) in [5.74, 6) is 0.277. The van der Waals surface area contributed by atoms with E-state index >= 15 is 0 Å².